The van der Waals surface area contributed by atoms with Crippen LogP contribution in [0.4, 0.5) is 0 Å². The molecule has 1 aromatic heterocycles. The highest BCUT2D eigenvalue weighted by atomic mass is 16.5. The number of nitrogens with one attached hydrogen (secondary N) is 1. The molecule has 3 rings (SSSR count). The van der Waals surface area contributed by atoms with Crippen LogP contribution in [0.5, 0.6) is 5.75 Å². The lowest BCUT2D eigenvalue weighted by Gasteiger charge is -2.20. The van der Waals surface area contributed by atoms with Crippen LogP contribution in [0.1, 0.15) is 30.1 Å². The number of aromatic nitrogens is 1. The van der Waals surface area contributed by atoms with Crippen molar-refractivity contribution in [1.82, 2.24) is 4.98 Å². The molecule has 4 heteroatoms. The number of carbonyl (C=O) groups excluding carboxylic acids is 1. The van der Waals surface area contributed by atoms with Crippen molar-refractivity contribution in [2.45, 2.75) is 19.8 Å². The molecule has 0 amide bonds. The van der Waals surface area contributed by atoms with E-state index in [2.05, 4.69) is 4.98 Å². The molecule has 1 aromatic carbocycles. The summed E-state index contributed by atoms with van der Waals surface area (Å²) in [6.45, 7) is 3.90. The lowest BCUT2D eigenvalue weighted by Crippen LogP contribution is -2.23. The van der Waals surface area contributed by atoms with Crippen LogP contribution in [0.3, 0.4) is 0 Å². The minimum Gasteiger partial charge on any atom is -0.493 e. The number of Topliss-reactive ketones (excluding diaryl/α,β-unsaturated/α-hetero) is 1. The van der Waals surface area contributed by atoms with Crippen LogP contribution < -0.4 is 4.74 Å². The molecular weight excluding hydrogens is 254 g/mol. The Hall–Kier alpha value is -1.81. The van der Waals surface area contributed by atoms with E-state index in [0.717, 1.165) is 35.1 Å². The summed E-state index contributed by atoms with van der Waals surface area (Å²) in [5, 5.41) is 0.908. The highest BCUT2D eigenvalue weighted by molar-refractivity contribution is 6.10. The molecule has 0 saturated carbocycles. The molecule has 0 unspecified atom stereocenters. The highest BCUT2D eigenvalue weighted by Gasteiger charge is 2.25. The fourth-order valence-electron chi connectivity index (χ4n) is 2.80. The van der Waals surface area contributed by atoms with Crippen molar-refractivity contribution in [3.63, 3.8) is 0 Å². The number of ether oxygens (including phenoxy) is 2. The Labute approximate surface area is 118 Å². The first-order valence-electron chi connectivity index (χ1n) is 7.16. The summed E-state index contributed by atoms with van der Waals surface area (Å²) in [6.07, 6.45) is 3.43. The van der Waals surface area contributed by atoms with Crippen molar-refractivity contribution in [2.24, 2.45) is 5.92 Å². The number of benzene rings is 1. The van der Waals surface area contributed by atoms with Gasteiger partial charge in [0, 0.05) is 36.4 Å². The number of rotatable bonds is 4. The molecule has 0 radical (unpaired) electrons. The number of H-pyrrole nitrogens is 1. The van der Waals surface area contributed by atoms with Crippen molar-refractivity contribution in [3.8, 4) is 5.75 Å². The van der Waals surface area contributed by atoms with Gasteiger partial charge in [-0.05, 0) is 31.9 Å². The highest BCUT2D eigenvalue weighted by Crippen LogP contribution is 2.32. The van der Waals surface area contributed by atoms with Gasteiger partial charge in [0.25, 0.3) is 0 Å². The predicted molar refractivity (Wildman–Crippen MR) is 77.3 cm³/mol. The summed E-state index contributed by atoms with van der Waals surface area (Å²) in [5.41, 5.74) is 1.70. The smallest absolute Gasteiger partial charge is 0.168 e. The fraction of sp³-hybridized carbons (Fsp3) is 0.438. The van der Waals surface area contributed by atoms with E-state index in [1.807, 2.05) is 31.3 Å². The molecule has 4 nitrogen and oxygen atoms in total. The number of hydrogen-bond donors (Lipinski definition) is 1. The van der Waals surface area contributed by atoms with Gasteiger partial charge < -0.3 is 14.5 Å². The molecule has 0 spiro atoms. The van der Waals surface area contributed by atoms with Gasteiger partial charge in [-0.1, -0.05) is 6.07 Å². The maximum absolute atomic E-state index is 12.7. The van der Waals surface area contributed by atoms with E-state index >= 15 is 0 Å². The Kier molecular flexibility index (Phi) is 3.74. The topological polar surface area (TPSA) is 51.3 Å². The summed E-state index contributed by atoms with van der Waals surface area (Å²) in [5.74, 6) is 1.05. The van der Waals surface area contributed by atoms with Crippen molar-refractivity contribution in [2.75, 3.05) is 19.8 Å². The zero-order chi connectivity index (χ0) is 13.9. The van der Waals surface area contributed by atoms with Gasteiger partial charge in [-0.15, -0.1) is 0 Å². The molecule has 106 valence electrons. The van der Waals surface area contributed by atoms with Crippen molar-refractivity contribution < 1.29 is 14.3 Å². The minimum atomic E-state index is 0.0671. The normalized spacial score (nSPS) is 16.4. The molecule has 0 bridgehead atoms. The zero-order valence-corrected chi connectivity index (χ0v) is 11.6. The SMILES string of the molecule is CCOc1cccc2[nH]cc(C(=O)C3CCOCC3)c12. The van der Waals surface area contributed by atoms with Crippen molar-refractivity contribution in [1.29, 1.82) is 0 Å². The fourth-order valence-corrected chi connectivity index (χ4v) is 2.80. The van der Waals surface area contributed by atoms with E-state index < -0.39 is 0 Å². The third kappa shape index (κ3) is 2.31. The molecule has 1 N–H and O–H groups in total. The molecule has 2 heterocycles. The van der Waals surface area contributed by atoms with E-state index in [1.54, 1.807) is 0 Å². The first-order valence-corrected chi connectivity index (χ1v) is 7.16. The van der Waals surface area contributed by atoms with Gasteiger partial charge in [-0.25, -0.2) is 0 Å². The number of carbonyl (C=O) groups is 1. The molecule has 0 aliphatic carbocycles. The summed E-state index contributed by atoms with van der Waals surface area (Å²) < 4.78 is 11.0. The van der Waals surface area contributed by atoms with Crippen LogP contribution in [0, 0.1) is 5.92 Å². The molecule has 2 aromatic rings. The van der Waals surface area contributed by atoms with Crippen LogP contribution >= 0.6 is 0 Å². The Bertz CT molecular complexity index is 611. The summed E-state index contributed by atoms with van der Waals surface area (Å²) in [4.78, 5) is 15.9. The van der Waals surface area contributed by atoms with E-state index in [4.69, 9.17) is 9.47 Å². The van der Waals surface area contributed by atoms with E-state index in [1.165, 1.54) is 0 Å². The largest absolute Gasteiger partial charge is 0.493 e. The van der Waals surface area contributed by atoms with Crippen molar-refractivity contribution in [3.05, 3.63) is 30.0 Å². The van der Waals surface area contributed by atoms with E-state index in [0.29, 0.717) is 19.8 Å². The summed E-state index contributed by atoms with van der Waals surface area (Å²) in [6, 6.07) is 5.82. The van der Waals surface area contributed by atoms with Crippen LogP contribution in [0.25, 0.3) is 10.9 Å². The second-order valence-corrected chi connectivity index (χ2v) is 5.06. The van der Waals surface area contributed by atoms with Gasteiger partial charge in [0.1, 0.15) is 5.75 Å². The second-order valence-electron chi connectivity index (χ2n) is 5.06. The Morgan fingerprint density at radius 3 is 2.95 bits per heavy atom. The van der Waals surface area contributed by atoms with Crippen LogP contribution in [-0.2, 0) is 4.74 Å². The average molecular weight is 273 g/mol. The number of ketones is 1. The third-order valence-corrected chi connectivity index (χ3v) is 3.82. The Morgan fingerprint density at radius 2 is 2.20 bits per heavy atom. The zero-order valence-electron chi connectivity index (χ0n) is 11.6. The van der Waals surface area contributed by atoms with E-state index in [-0.39, 0.29) is 11.7 Å². The van der Waals surface area contributed by atoms with Crippen molar-refractivity contribution >= 4 is 16.7 Å². The maximum atomic E-state index is 12.7. The predicted octanol–water partition coefficient (Wildman–Crippen LogP) is 3.18. The first-order chi connectivity index (χ1) is 9.81. The lowest BCUT2D eigenvalue weighted by atomic mass is 9.90. The molecule has 0 atom stereocenters. The molecular formula is C16H19NO3. The average Bonchev–Trinajstić information content (AvgIpc) is 2.93. The first kappa shape index (κ1) is 13.2. The monoisotopic (exact) mass is 273 g/mol. The van der Waals surface area contributed by atoms with Crippen LogP contribution in [0.15, 0.2) is 24.4 Å². The molecule has 1 fully saturated rings. The summed E-state index contributed by atoms with van der Waals surface area (Å²) in [7, 11) is 0. The number of hydrogen-bond acceptors (Lipinski definition) is 3. The Balaban J connectivity index is 2.00. The lowest BCUT2D eigenvalue weighted by molar-refractivity contribution is 0.0546. The van der Waals surface area contributed by atoms with Gasteiger partial charge >= 0.3 is 0 Å². The number of fused-ring (bicyclic) bond motifs is 1. The van der Waals surface area contributed by atoms with Gasteiger partial charge in [0.05, 0.1) is 12.0 Å². The maximum Gasteiger partial charge on any atom is 0.168 e. The minimum absolute atomic E-state index is 0.0671. The molecule has 1 saturated heterocycles. The molecule has 20 heavy (non-hydrogen) atoms. The van der Waals surface area contributed by atoms with E-state index in [9.17, 15) is 4.79 Å². The van der Waals surface area contributed by atoms with Crippen LogP contribution in [-0.4, -0.2) is 30.6 Å². The standard InChI is InChI=1S/C16H19NO3/c1-2-20-14-5-3-4-13-15(14)12(10-17-13)16(18)11-6-8-19-9-7-11/h3-5,10-11,17H,2,6-9H2,1H3. The van der Waals surface area contributed by atoms with Gasteiger partial charge in [-0.3, -0.25) is 4.79 Å². The number of aromatic amines is 1. The summed E-state index contributed by atoms with van der Waals surface area (Å²) >= 11 is 0. The van der Waals surface area contributed by atoms with Gasteiger partial charge in [0.15, 0.2) is 5.78 Å². The van der Waals surface area contributed by atoms with Gasteiger partial charge in [0.2, 0.25) is 0 Å². The quantitative estimate of drug-likeness (QED) is 0.870. The van der Waals surface area contributed by atoms with Crippen LogP contribution in [0.2, 0.25) is 0 Å². The third-order valence-electron chi connectivity index (χ3n) is 3.82. The molecule has 1 aliphatic heterocycles. The second kappa shape index (κ2) is 5.67. The Morgan fingerprint density at radius 1 is 1.40 bits per heavy atom. The van der Waals surface area contributed by atoms with Gasteiger partial charge in [-0.2, -0.15) is 0 Å². The molecule has 1 aliphatic rings.